The average Bonchev–Trinajstić information content (AvgIpc) is 2.54. The third-order valence-corrected chi connectivity index (χ3v) is 5.58. The van der Waals surface area contributed by atoms with Gasteiger partial charge in [0.05, 0.1) is 16.9 Å². The predicted octanol–water partition coefficient (Wildman–Crippen LogP) is 5.58. The summed E-state index contributed by atoms with van der Waals surface area (Å²) in [7, 11) is 2.19. The minimum Gasteiger partial charge on any atom is -0.360 e. The molecule has 0 amide bonds. The van der Waals surface area contributed by atoms with Gasteiger partial charge in [-0.2, -0.15) is 0 Å². The van der Waals surface area contributed by atoms with Crippen LogP contribution in [-0.2, 0) is 12.0 Å². The Kier molecular flexibility index (Phi) is 4.49. The summed E-state index contributed by atoms with van der Waals surface area (Å²) in [5, 5.41) is 0. The Morgan fingerprint density at radius 2 is 1.84 bits per heavy atom. The van der Waals surface area contributed by atoms with Crippen molar-refractivity contribution in [1.29, 1.82) is 0 Å². The van der Waals surface area contributed by atoms with Crippen molar-refractivity contribution in [3.63, 3.8) is 0 Å². The molecule has 1 aliphatic heterocycles. The van der Waals surface area contributed by atoms with Crippen molar-refractivity contribution in [3.05, 3.63) is 64.0 Å². The van der Waals surface area contributed by atoms with Crippen molar-refractivity contribution in [1.82, 2.24) is 4.98 Å². The number of likely N-dealkylation sites (N-methyl/N-ethyl adjacent to an activating group) is 1. The fourth-order valence-electron chi connectivity index (χ4n) is 3.92. The van der Waals surface area contributed by atoms with Gasteiger partial charge in [-0.3, -0.25) is 4.98 Å². The summed E-state index contributed by atoms with van der Waals surface area (Å²) < 4.78 is 0. The zero-order chi connectivity index (χ0) is 18.4. The number of fused-ring (bicyclic) bond motifs is 1. The van der Waals surface area contributed by atoms with Gasteiger partial charge in [0.25, 0.3) is 0 Å². The highest BCUT2D eigenvalue weighted by Crippen LogP contribution is 2.41. The van der Waals surface area contributed by atoms with Crippen LogP contribution in [0.3, 0.4) is 0 Å². The van der Waals surface area contributed by atoms with E-state index in [4.69, 9.17) is 4.98 Å². The summed E-state index contributed by atoms with van der Waals surface area (Å²) in [5.41, 5.74) is 8.87. The van der Waals surface area contributed by atoms with Crippen LogP contribution < -0.4 is 4.90 Å². The summed E-state index contributed by atoms with van der Waals surface area (Å²) in [6.45, 7) is 13.4. The Bertz CT molecular complexity index is 832. The smallest absolute Gasteiger partial charge is 0.0861 e. The number of pyridine rings is 1. The van der Waals surface area contributed by atoms with Crippen LogP contribution in [0.15, 0.2) is 30.5 Å². The molecule has 2 nitrogen and oxygen atoms in total. The molecule has 1 aromatic heterocycles. The molecular formula is C23H30N2. The average molecular weight is 335 g/mol. The zero-order valence-corrected chi connectivity index (χ0v) is 16.6. The number of benzene rings is 1. The molecule has 0 aliphatic carbocycles. The van der Waals surface area contributed by atoms with E-state index in [0.29, 0.717) is 5.92 Å². The molecule has 2 heteroatoms. The van der Waals surface area contributed by atoms with Gasteiger partial charge < -0.3 is 4.90 Å². The number of aromatic nitrogens is 1. The number of hydrogen-bond acceptors (Lipinski definition) is 2. The van der Waals surface area contributed by atoms with Crippen LogP contribution in [0.4, 0.5) is 5.69 Å². The molecule has 132 valence electrons. The first kappa shape index (κ1) is 17.7. The number of rotatable bonds is 3. The largest absolute Gasteiger partial charge is 0.360 e. The first-order valence-corrected chi connectivity index (χ1v) is 9.22. The molecule has 0 saturated carbocycles. The Labute approximate surface area is 152 Å². The van der Waals surface area contributed by atoms with Gasteiger partial charge >= 0.3 is 0 Å². The van der Waals surface area contributed by atoms with E-state index in [2.05, 4.69) is 83.8 Å². The first-order valence-electron chi connectivity index (χ1n) is 9.22. The van der Waals surface area contributed by atoms with Gasteiger partial charge in [-0.25, -0.2) is 0 Å². The highest BCUT2D eigenvalue weighted by atomic mass is 15.2. The fraction of sp³-hybridized carbons (Fsp3) is 0.435. The van der Waals surface area contributed by atoms with Gasteiger partial charge in [0.2, 0.25) is 0 Å². The maximum Gasteiger partial charge on any atom is 0.0861 e. The molecule has 1 unspecified atom stereocenters. The zero-order valence-electron chi connectivity index (χ0n) is 16.6. The van der Waals surface area contributed by atoms with Crippen molar-refractivity contribution >= 4 is 11.8 Å². The number of aryl methyl sites for hydroxylation is 2. The molecule has 1 aromatic carbocycles. The highest BCUT2D eigenvalue weighted by molar-refractivity contribution is 5.73. The van der Waals surface area contributed by atoms with Gasteiger partial charge in [0, 0.05) is 13.2 Å². The predicted molar refractivity (Wildman–Crippen MR) is 108 cm³/mol. The van der Waals surface area contributed by atoms with E-state index in [9.17, 15) is 0 Å². The van der Waals surface area contributed by atoms with Crippen LogP contribution in [0.5, 0.6) is 0 Å². The second-order valence-corrected chi connectivity index (χ2v) is 8.14. The van der Waals surface area contributed by atoms with E-state index in [0.717, 1.165) is 12.1 Å². The maximum absolute atomic E-state index is 4.71. The molecule has 1 aliphatic rings. The normalized spacial score (nSPS) is 19.4. The van der Waals surface area contributed by atoms with Gasteiger partial charge in [-0.1, -0.05) is 37.6 Å². The molecule has 2 aromatic rings. The molecule has 1 atom stereocenters. The molecule has 0 spiro atoms. The minimum absolute atomic E-state index is 0.161. The second-order valence-electron chi connectivity index (χ2n) is 8.14. The SMILES string of the molecule is Cc1cc(C)c(C)c(C2(C)C=Cc3ncc(CC(C)C)cc3N2C)c1. The molecule has 3 rings (SSSR count). The van der Waals surface area contributed by atoms with Crippen molar-refractivity contribution in [2.24, 2.45) is 5.92 Å². The van der Waals surface area contributed by atoms with Crippen LogP contribution in [0.25, 0.3) is 6.08 Å². The summed E-state index contributed by atoms with van der Waals surface area (Å²) in [6, 6.07) is 6.92. The first-order chi connectivity index (χ1) is 11.7. The van der Waals surface area contributed by atoms with E-state index in [1.165, 1.54) is 33.5 Å². The summed E-state index contributed by atoms with van der Waals surface area (Å²) in [4.78, 5) is 7.10. The Morgan fingerprint density at radius 1 is 1.12 bits per heavy atom. The molecule has 25 heavy (non-hydrogen) atoms. The third kappa shape index (κ3) is 3.10. The molecular weight excluding hydrogens is 304 g/mol. The van der Waals surface area contributed by atoms with E-state index >= 15 is 0 Å². The monoisotopic (exact) mass is 334 g/mol. The van der Waals surface area contributed by atoms with Crippen molar-refractivity contribution in [2.45, 2.75) is 53.5 Å². The summed E-state index contributed by atoms with van der Waals surface area (Å²) in [5.74, 6) is 0.636. The van der Waals surface area contributed by atoms with E-state index in [1.54, 1.807) is 0 Å². The standard InChI is InChI=1S/C23H30N2/c1-15(2)10-19-13-22-21(24-14-19)8-9-23(6,25(22)7)20-12-16(3)11-17(4)18(20)5/h8-9,11-15H,10H2,1-7H3. The quantitative estimate of drug-likeness (QED) is 0.728. The van der Waals surface area contributed by atoms with Crippen LogP contribution >= 0.6 is 0 Å². The topological polar surface area (TPSA) is 16.1 Å². The molecule has 0 saturated heterocycles. The minimum atomic E-state index is -0.161. The lowest BCUT2D eigenvalue weighted by Gasteiger charge is -2.43. The highest BCUT2D eigenvalue weighted by Gasteiger charge is 2.34. The molecule has 0 fully saturated rings. The fourth-order valence-corrected chi connectivity index (χ4v) is 3.92. The Balaban J connectivity index is 2.10. The van der Waals surface area contributed by atoms with Gasteiger partial charge in [0.1, 0.15) is 0 Å². The summed E-state index contributed by atoms with van der Waals surface area (Å²) >= 11 is 0. The van der Waals surface area contributed by atoms with Crippen LogP contribution in [0.2, 0.25) is 0 Å². The van der Waals surface area contributed by atoms with E-state index in [-0.39, 0.29) is 5.54 Å². The van der Waals surface area contributed by atoms with E-state index < -0.39 is 0 Å². The number of hydrogen-bond donors (Lipinski definition) is 0. The molecule has 2 heterocycles. The van der Waals surface area contributed by atoms with Crippen molar-refractivity contribution in [3.8, 4) is 0 Å². The number of nitrogens with zero attached hydrogens (tertiary/aromatic N) is 2. The Hall–Kier alpha value is -2.09. The molecule has 0 radical (unpaired) electrons. The van der Waals surface area contributed by atoms with Gasteiger partial charge in [-0.15, -0.1) is 0 Å². The van der Waals surface area contributed by atoms with E-state index in [1.807, 2.05) is 6.20 Å². The van der Waals surface area contributed by atoms with Gasteiger partial charge in [-0.05, 0) is 74.4 Å². The number of anilines is 1. The summed E-state index contributed by atoms with van der Waals surface area (Å²) in [6.07, 6.45) is 7.58. The van der Waals surface area contributed by atoms with Crippen molar-refractivity contribution in [2.75, 3.05) is 11.9 Å². The van der Waals surface area contributed by atoms with Crippen LogP contribution in [0.1, 0.15) is 54.3 Å². The van der Waals surface area contributed by atoms with Crippen molar-refractivity contribution < 1.29 is 0 Å². The lowest BCUT2D eigenvalue weighted by atomic mass is 9.82. The molecule has 0 N–H and O–H groups in total. The lowest BCUT2D eigenvalue weighted by Crippen LogP contribution is -2.42. The lowest BCUT2D eigenvalue weighted by molar-refractivity contribution is 0.570. The Morgan fingerprint density at radius 3 is 2.52 bits per heavy atom. The third-order valence-electron chi connectivity index (χ3n) is 5.58. The van der Waals surface area contributed by atoms with Gasteiger partial charge in [0.15, 0.2) is 0 Å². The second kappa shape index (κ2) is 6.33. The van der Waals surface area contributed by atoms with Crippen LogP contribution in [-0.4, -0.2) is 12.0 Å². The van der Waals surface area contributed by atoms with Crippen LogP contribution in [0, 0.1) is 26.7 Å². The maximum atomic E-state index is 4.71. The molecule has 0 bridgehead atoms.